The fraction of sp³-hybridized carbons (Fsp3) is 0.357. The summed E-state index contributed by atoms with van der Waals surface area (Å²) in [6.45, 7) is 3.18. The van der Waals surface area contributed by atoms with Crippen molar-refractivity contribution in [2.45, 2.75) is 25.9 Å². The number of nitrogens with one attached hydrogen (secondary N) is 1. The van der Waals surface area contributed by atoms with Crippen LogP contribution in [0.3, 0.4) is 0 Å². The molecule has 1 aromatic heterocycles. The number of aryl methyl sites for hydroxylation is 1. The molecule has 0 unspecified atom stereocenters. The van der Waals surface area contributed by atoms with Crippen molar-refractivity contribution in [1.82, 2.24) is 14.9 Å². The predicted octanol–water partition coefficient (Wildman–Crippen LogP) is 1.94. The lowest BCUT2D eigenvalue weighted by atomic mass is 10.1. The SMILES string of the molecule is Nc1ccc2c(c1)CN(CCCc1ncc[nH]1)C2. The summed E-state index contributed by atoms with van der Waals surface area (Å²) >= 11 is 0. The number of hydrogen-bond acceptors (Lipinski definition) is 3. The number of H-pyrrole nitrogens is 1. The van der Waals surface area contributed by atoms with Crippen molar-refractivity contribution < 1.29 is 0 Å². The van der Waals surface area contributed by atoms with Gasteiger partial charge in [-0.3, -0.25) is 4.90 Å². The Balaban J connectivity index is 1.52. The fourth-order valence-corrected chi connectivity index (χ4v) is 2.55. The number of benzene rings is 1. The molecule has 0 fully saturated rings. The van der Waals surface area contributed by atoms with Crippen molar-refractivity contribution in [2.75, 3.05) is 12.3 Å². The van der Waals surface area contributed by atoms with E-state index in [1.54, 1.807) is 0 Å². The van der Waals surface area contributed by atoms with Gasteiger partial charge in [-0.15, -0.1) is 0 Å². The third-order valence-electron chi connectivity index (χ3n) is 3.46. The molecule has 3 rings (SSSR count). The second-order valence-electron chi connectivity index (χ2n) is 4.88. The monoisotopic (exact) mass is 242 g/mol. The molecule has 0 saturated heterocycles. The van der Waals surface area contributed by atoms with Gasteiger partial charge in [-0.1, -0.05) is 6.07 Å². The van der Waals surface area contributed by atoms with E-state index in [0.717, 1.165) is 44.0 Å². The lowest BCUT2D eigenvalue weighted by Crippen LogP contribution is -2.18. The summed E-state index contributed by atoms with van der Waals surface area (Å²) in [6.07, 6.45) is 5.84. The zero-order chi connectivity index (χ0) is 12.4. The molecule has 0 amide bonds. The van der Waals surface area contributed by atoms with Gasteiger partial charge in [-0.25, -0.2) is 4.98 Å². The normalized spacial score (nSPS) is 14.9. The molecule has 1 aliphatic heterocycles. The molecule has 1 aliphatic rings. The van der Waals surface area contributed by atoms with E-state index in [1.807, 2.05) is 18.5 Å². The van der Waals surface area contributed by atoms with Crippen LogP contribution >= 0.6 is 0 Å². The maximum Gasteiger partial charge on any atom is 0.106 e. The first-order valence-electron chi connectivity index (χ1n) is 6.39. The molecule has 0 aliphatic carbocycles. The van der Waals surface area contributed by atoms with Gasteiger partial charge in [0.15, 0.2) is 0 Å². The van der Waals surface area contributed by atoms with E-state index in [2.05, 4.69) is 27.0 Å². The smallest absolute Gasteiger partial charge is 0.106 e. The van der Waals surface area contributed by atoms with Crippen LogP contribution < -0.4 is 5.73 Å². The molecule has 0 atom stereocenters. The topological polar surface area (TPSA) is 57.9 Å². The number of hydrogen-bond donors (Lipinski definition) is 2. The number of imidazole rings is 1. The third kappa shape index (κ3) is 2.38. The Kier molecular flexibility index (Phi) is 3.02. The van der Waals surface area contributed by atoms with Crippen molar-refractivity contribution in [2.24, 2.45) is 0 Å². The van der Waals surface area contributed by atoms with Gasteiger partial charge in [0.25, 0.3) is 0 Å². The van der Waals surface area contributed by atoms with Gasteiger partial charge >= 0.3 is 0 Å². The number of anilines is 1. The van der Waals surface area contributed by atoms with Crippen LogP contribution in [0.5, 0.6) is 0 Å². The van der Waals surface area contributed by atoms with E-state index in [0.29, 0.717) is 0 Å². The molecular formula is C14H18N4. The average molecular weight is 242 g/mol. The zero-order valence-corrected chi connectivity index (χ0v) is 10.4. The maximum absolute atomic E-state index is 5.81. The van der Waals surface area contributed by atoms with Gasteiger partial charge in [0.2, 0.25) is 0 Å². The van der Waals surface area contributed by atoms with Gasteiger partial charge in [-0.05, 0) is 36.2 Å². The molecule has 2 aromatic rings. The second kappa shape index (κ2) is 4.82. The summed E-state index contributed by atoms with van der Waals surface area (Å²) in [5.74, 6) is 1.08. The Hall–Kier alpha value is -1.81. The molecular weight excluding hydrogens is 224 g/mol. The highest BCUT2D eigenvalue weighted by atomic mass is 15.1. The number of aromatic amines is 1. The summed E-state index contributed by atoms with van der Waals surface area (Å²) in [5, 5.41) is 0. The number of aromatic nitrogens is 2. The summed E-state index contributed by atoms with van der Waals surface area (Å²) < 4.78 is 0. The molecule has 94 valence electrons. The van der Waals surface area contributed by atoms with Gasteiger partial charge < -0.3 is 10.7 Å². The van der Waals surface area contributed by atoms with Gasteiger partial charge in [-0.2, -0.15) is 0 Å². The maximum atomic E-state index is 5.81. The third-order valence-corrected chi connectivity index (χ3v) is 3.46. The highest BCUT2D eigenvalue weighted by Gasteiger charge is 2.18. The summed E-state index contributed by atoms with van der Waals surface area (Å²) in [4.78, 5) is 9.85. The van der Waals surface area contributed by atoms with Crippen molar-refractivity contribution in [3.63, 3.8) is 0 Å². The highest BCUT2D eigenvalue weighted by Crippen LogP contribution is 2.24. The molecule has 1 aromatic carbocycles. The van der Waals surface area contributed by atoms with Crippen LogP contribution in [0.25, 0.3) is 0 Å². The molecule has 3 N–H and O–H groups in total. The lowest BCUT2D eigenvalue weighted by Gasteiger charge is -2.13. The Labute approximate surface area is 107 Å². The van der Waals surface area contributed by atoms with Crippen LogP contribution in [0, 0.1) is 0 Å². The van der Waals surface area contributed by atoms with Gasteiger partial charge in [0.05, 0.1) is 0 Å². The highest BCUT2D eigenvalue weighted by molar-refractivity contribution is 5.46. The first-order valence-corrected chi connectivity index (χ1v) is 6.39. The molecule has 0 spiro atoms. The minimum atomic E-state index is 0.867. The van der Waals surface area contributed by atoms with E-state index in [4.69, 9.17) is 5.73 Å². The Morgan fingerprint density at radius 3 is 3.00 bits per heavy atom. The van der Waals surface area contributed by atoms with Crippen LogP contribution in [0.2, 0.25) is 0 Å². The fourth-order valence-electron chi connectivity index (χ4n) is 2.55. The number of nitrogen functional groups attached to an aromatic ring is 1. The lowest BCUT2D eigenvalue weighted by molar-refractivity contribution is 0.280. The standard InChI is InChI=1S/C14H18N4/c15-13-4-3-11-9-18(10-12(11)8-13)7-1-2-14-16-5-6-17-14/h3-6,8H,1-2,7,9-10,15H2,(H,16,17). The van der Waals surface area contributed by atoms with Crippen molar-refractivity contribution >= 4 is 5.69 Å². The zero-order valence-electron chi connectivity index (χ0n) is 10.4. The molecule has 0 radical (unpaired) electrons. The van der Waals surface area contributed by atoms with Crippen molar-refractivity contribution in [3.05, 3.63) is 47.5 Å². The van der Waals surface area contributed by atoms with Crippen molar-refractivity contribution in [3.8, 4) is 0 Å². The Bertz CT molecular complexity index is 519. The van der Waals surface area contributed by atoms with Crippen LogP contribution in [0.15, 0.2) is 30.6 Å². The molecule has 4 heteroatoms. The summed E-state index contributed by atoms with van der Waals surface area (Å²) in [5.41, 5.74) is 9.48. The molecule has 0 bridgehead atoms. The molecule has 0 saturated carbocycles. The summed E-state index contributed by atoms with van der Waals surface area (Å²) in [6, 6.07) is 6.24. The Morgan fingerprint density at radius 2 is 2.17 bits per heavy atom. The molecule has 2 heterocycles. The quantitative estimate of drug-likeness (QED) is 0.806. The van der Waals surface area contributed by atoms with E-state index in [9.17, 15) is 0 Å². The number of rotatable bonds is 4. The van der Waals surface area contributed by atoms with Gasteiger partial charge in [0, 0.05) is 37.6 Å². The summed E-state index contributed by atoms with van der Waals surface area (Å²) in [7, 11) is 0. The number of nitrogens with two attached hydrogens (primary N) is 1. The minimum Gasteiger partial charge on any atom is -0.399 e. The second-order valence-corrected chi connectivity index (χ2v) is 4.88. The van der Waals surface area contributed by atoms with Crippen molar-refractivity contribution in [1.29, 1.82) is 0 Å². The largest absolute Gasteiger partial charge is 0.399 e. The van der Waals surface area contributed by atoms with Crippen LogP contribution in [0.4, 0.5) is 5.69 Å². The van der Waals surface area contributed by atoms with Crippen LogP contribution in [0.1, 0.15) is 23.4 Å². The van der Waals surface area contributed by atoms with Crippen LogP contribution in [-0.2, 0) is 19.5 Å². The van der Waals surface area contributed by atoms with E-state index in [-0.39, 0.29) is 0 Å². The predicted molar refractivity (Wildman–Crippen MR) is 71.9 cm³/mol. The number of fused-ring (bicyclic) bond motifs is 1. The minimum absolute atomic E-state index is 0.867. The van der Waals surface area contributed by atoms with E-state index < -0.39 is 0 Å². The first kappa shape index (κ1) is 11.3. The first-order chi connectivity index (χ1) is 8.81. The molecule has 4 nitrogen and oxygen atoms in total. The molecule has 18 heavy (non-hydrogen) atoms. The number of nitrogens with zero attached hydrogens (tertiary/aromatic N) is 2. The Morgan fingerprint density at radius 1 is 1.28 bits per heavy atom. The van der Waals surface area contributed by atoms with Crippen LogP contribution in [-0.4, -0.2) is 21.4 Å². The van der Waals surface area contributed by atoms with Gasteiger partial charge in [0.1, 0.15) is 5.82 Å². The van der Waals surface area contributed by atoms with E-state index >= 15 is 0 Å². The average Bonchev–Trinajstić information content (AvgIpc) is 2.97. The van der Waals surface area contributed by atoms with E-state index in [1.165, 1.54) is 11.1 Å².